The van der Waals surface area contributed by atoms with Crippen molar-refractivity contribution in [1.82, 2.24) is 19.7 Å². The first-order chi connectivity index (χ1) is 13.4. The lowest BCUT2D eigenvalue weighted by Crippen LogP contribution is -2.29. The van der Waals surface area contributed by atoms with Crippen LogP contribution in [0.3, 0.4) is 0 Å². The SMILES string of the molecule is Cc1nc(NCCNS(=O)(=O)c2ccc(Br)cc2)cc(Nc2ccccn2)n1. The van der Waals surface area contributed by atoms with E-state index in [-0.39, 0.29) is 11.4 Å². The van der Waals surface area contributed by atoms with Crippen LogP contribution in [0.15, 0.2) is 64.1 Å². The monoisotopic (exact) mass is 462 g/mol. The summed E-state index contributed by atoms with van der Waals surface area (Å²) >= 11 is 3.29. The topological polar surface area (TPSA) is 109 Å². The molecule has 3 aromatic rings. The fourth-order valence-electron chi connectivity index (χ4n) is 2.36. The van der Waals surface area contributed by atoms with Crippen LogP contribution < -0.4 is 15.4 Å². The van der Waals surface area contributed by atoms with Crippen molar-refractivity contribution in [3.63, 3.8) is 0 Å². The van der Waals surface area contributed by atoms with Crippen molar-refractivity contribution < 1.29 is 8.42 Å². The number of nitrogens with zero attached hydrogens (tertiary/aromatic N) is 3. The quantitative estimate of drug-likeness (QED) is 0.441. The van der Waals surface area contributed by atoms with Crippen LogP contribution >= 0.6 is 15.9 Å². The van der Waals surface area contributed by atoms with Gasteiger partial charge in [0.1, 0.15) is 23.3 Å². The van der Waals surface area contributed by atoms with E-state index in [1.54, 1.807) is 43.5 Å². The van der Waals surface area contributed by atoms with Gasteiger partial charge in [-0.1, -0.05) is 22.0 Å². The molecule has 2 heterocycles. The molecule has 2 aromatic heterocycles. The van der Waals surface area contributed by atoms with Crippen molar-refractivity contribution in [3.8, 4) is 0 Å². The number of halogens is 1. The van der Waals surface area contributed by atoms with Gasteiger partial charge in [-0.05, 0) is 43.3 Å². The van der Waals surface area contributed by atoms with Crippen LogP contribution in [0.1, 0.15) is 5.82 Å². The fourth-order valence-corrected chi connectivity index (χ4v) is 3.66. The minimum absolute atomic E-state index is 0.213. The van der Waals surface area contributed by atoms with E-state index in [1.807, 2.05) is 18.2 Å². The van der Waals surface area contributed by atoms with Crippen molar-refractivity contribution in [3.05, 3.63) is 65.0 Å². The van der Waals surface area contributed by atoms with Crippen molar-refractivity contribution in [1.29, 1.82) is 0 Å². The van der Waals surface area contributed by atoms with Gasteiger partial charge in [0.25, 0.3) is 0 Å². The molecular weight excluding hydrogens is 444 g/mol. The van der Waals surface area contributed by atoms with E-state index in [0.717, 1.165) is 4.47 Å². The molecule has 0 radical (unpaired) electrons. The summed E-state index contributed by atoms with van der Waals surface area (Å²) in [6.07, 6.45) is 1.69. The first-order valence-electron chi connectivity index (χ1n) is 8.45. The number of nitrogens with one attached hydrogen (secondary N) is 3. The Morgan fingerprint density at radius 1 is 0.964 bits per heavy atom. The zero-order valence-electron chi connectivity index (χ0n) is 15.1. The number of anilines is 3. The number of pyridine rings is 1. The lowest BCUT2D eigenvalue weighted by Gasteiger charge is -2.11. The van der Waals surface area contributed by atoms with Crippen molar-refractivity contribution in [2.75, 3.05) is 23.7 Å². The average molecular weight is 463 g/mol. The number of benzene rings is 1. The van der Waals surface area contributed by atoms with Gasteiger partial charge in [0.15, 0.2) is 0 Å². The van der Waals surface area contributed by atoms with Crippen molar-refractivity contribution in [2.45, 2.75) is 11.8 Å². The number of aromatic nitrogens is 3. The first kappa shape index (κ1) is 20.2. The third-order valence-electron chi connectivity index (χ3n) is 3.61. The molecule has 1 aromatic carbocycles. The van der Waals surface area contributed by atoms with E-state index in [2.05, 4.69) is 46.2 Å². The summed E-state index contributed by atoms with van der Waals surface area (Å²) in [5, 5.41) is 6.21. The lowest BCUT2D eigenvalue weighted by molar-refractivity contribution is 0.583. The Bertz CT molecular complexity index is 1030. The van der Waals surface area contributed by atoms with Gasteiger partial charge >= 0.3 is 0 Å². The standard InChI is InChI=1S/C18H19BrN6O2S/c1-13-23-17(12-18(24-13)25-16-4-2-3-9-20-16)21-10-11-22-28(26,27)15-7-5-14(19)6-8-15/h2-9,12,22H,10-11H2,1H3,(H2,20,21,23,24,25). The highest BCUT2D eigenvalue weighted by Gasteiger charge is 2.12. The van der Waals surface area contributed by atoms with E-state index in [4.69, 9.17) is 0 Å². The van der Waals surface area contributed by atoms with E-state index < -0.39 is 10.0 Å². The molecule has 8 nitrogen and oxygen atoms in total. The van der Waals surface area contributed by atoms with E-state index in [0.29, 0.717) is 29.8 Å². The second-order valence-electron chi connectivity index (χ2n) is 5.80. The number of hydrogen-bond donors (Lipinski definition) is 3. The molecule has 0 aliphatic carbocycles. The summed E-state index contributed by atoms with van der Waals surface area (Å²) in [6, 6.07) is 13.7. The third kappa shape index (κ3) is 5.72. The lowest BCUT2D eigenvalue weighted by atomic mass is 10.4. The molecule has 146 valence electrons. The van der Waals surface area contributed by atoms with Crippen LogP contribution in [-0.4, -0.2) is 36.5 Å². The van der Waals surface area contributed by atoms with Crippen molar-refractivity contribution in [2.24, 2.45) is 0 Å². The van der Waals surface area contributed by atoms with E-state index in [9.17, 15) is 8.42 Å². The molecule has 0 saturated heterocycles. The van der Waals surface area contributed by atoms with Gasteiger partial charge in [-0.15, -0.1) is 0 Å². The molecule has 0 amide bonds. The van der Waals surface area contributed by atoms with Crippen LogP contribution in [0, 0.1) is 6.92 Å². The molecule has 10 heteroatoms. The van der Waals surface area contributed by atoms with Gasteiger partial charge in [0.05, 0.1) is 4.90 Å². The molecule has 0 saturated carbocycles. The maximum Gasteiger partial charge on any atom is 0.240 e. The summed E-state index contributed by atoms with van der Waals surface area (Å²) in [6.45, 7) is 2.37. The summed E-state index contributed by atoms with van der Waals surface area (Å²) in [7, 11) is -3.55. The summed E-state index contributed by atoms with van der Waals surface area (Å²) in [4.78, 5) is 13.1. The smallest absolute Gasteiger partial charge is 0.240 e. The van der Waals surface area contributed by atoms with Gasteiger partial charge in [0, 0.05) is 29.8 Å². The first-order valence-corrected chi connectivity index (χ1v) is 10.7. The molecule has 0 aliphatic heterocycles. The van der Waals surface area contributed by atoms with E-state index in [1.165, 1.54) is 0 Å². The van der Waals surface area contributed by atoms with E-state index >= 15 is 0 Å². The average Bonchev–Trinajstić information content (AvgIpc) is 2.66. The Hall–Kier alpha value is -2.56. The molecule has 0 fully saturated rings. The van der Waals surface area contributed by atoms with Gasteiger partial charge < -0.3 is 10.6 Å². The van der Waals surface area contributed by atoms with Crippen LogP contribution in [-0.2, 0) is 10.0 Å². The summed E-state index contributed by atoms with van der Waals surface area (Å²) in [5.74, 6) is 2.45. The highest BCUT2D eigenvalue weighted by molar-refractivity contribution is 9.10. The molecule has 0 spiro atoms. The Kier molecular flexibility index (Phi) is 6.55. The van der Waals surface area contributed by atoms with Crippen LogP contribution in [0.25, 0.3) is 0 Å². The molecule has 3 rings (SSSR count). The summed E-state index contributed by atoms with van der Waals surface area (Å²) < 4.78 is 27.9. The van der Waals surface area contributed by atoms with Crippen molar-refractivity contribution >= 4 is 43.4 Å². The Labute approximate surface area is 172 Å². The second-order valence-corrected chi connectivity index (χ2v) is 8.49. The van der Waals surface area contributed by atoms with Gasteiger partial charge in [0.2, 0.25) is 10.0 Å². The maximum atomic E-state index is 12.3. The predicted octanol–water partition coefficient (Wildman–Crippen LogP) is 3.08. The summed E-state index contributed by atoms with van der Waals surface area (Å²) in [5.41, 5.74) is 0. The van der Waals surface area contributed by atoms with Crippen LogP contribution in [0.5, 0.6) is 0 Å². The minimum atomic E-state index is -3.55. The van der Waals surface area contributed by atoms with Gasteiger partial charge in [-0.2, -0.15) is 0 Å². The Balaban J connectivity index is 1.56. The number of aryl methyl sites for hydroxylation is 1. The zero-order valence-corrected chi connectivity index (χ0v) is 17.5. The maximum absolute atomic E-state index is 12.3. The molecule has 0 atom stereocenters. The molecule has 0 unspecified atom stereocenters. The van der Waals surface area contributed by atoms with Crippen LogP contribution in [0.2, 0.25) is 0 Å². The molecule has 0 aliphatic rings. The fraction of sp³-hybridized carbons (Fsp3) is 0.167. The normalized spacial score (nSPS) is 11.2. The zero-order chi connectivity index (χ0) is 20.0. The van der Waals surface area contributed by atoms with Gasteiger partial charge in [-0.25, -0.2) is 28.1 Å². The van der Waals surface area contributed by atoms with Crippen LogP contribution in [0.4, 0.5) is 17.5 Å². The third-order valence-corrected chi connectivity index (χ3v) is 5.61. The number of hydrogen-bond acceptors (Lipinski definition) is 7. The molecule has 28 heavy (non-hydrogen) atoms. The largest absolute Gasteiger partial charge is 0.369 e. The predicted molar refractivity (Wildman–Crippen MR) is 112 cm³/mol. The highest BCUT2D eigenvalue weighted by atomic mass is 79.9. The minimum Gasteiger partial charge on any atom is -0.369 e. The number of rotatable bonds is 8. The molecule has 0 bridgehead atoms. The molecule has 3 N–H and O–H groups in total. The number of sulfonamides is 1. The second kappa shape index (κ2) is 9.09. The Morgan fingerprint density at radius 3 is 2.43 bits per heavy atom. The highest BCUT2D eigenvalue weighted by Crippen LogP contribution is 2.16. The van der Waals surface area contributed by atoms with Gasteiger partial charge in [-0.3, -0.25) is 0 Å². The molecular formula is C18H19BrN6O2S. The Morgan fingerprint density at radius 2 is 1.71 bits per heavy atom.